The normalized spacial score (nSPS) is 11.4. The van der Waals surface area contributed by atoms with E-state index in [1.807, 2.05) is 0 Å². The Morgan fingerprint density at radius 1 is 1.64 bits per heavy atom. The van der Waals surface area contributed by atoms with Gasteiger partial charge in [0, 0.05) is 0 Å². The largest absolute Gasteiger partial charge is 0.484 e. The fraction of sp³-hybridized carbons (Fsp3) is 0.125. The lowest BCUT2D eigenvalue weighted by atomic mass is 10.3. The van der Waals surface area contributed by atoms with Gasteiger partial charge < -0.3 is 15.7 Å². The fourth-order valence-corrected chi connectivity index (χ4v) is 1.24. The summed E-state index contributed by atoms with van der Waals surface area (Å²) in [6.45, 7) is -0.0548. The van der Waals surface area contributed by atoms with Crippen molar-refractivity contribution in [3.63, 3.8) is 0 Å². The van der Waals surface area contributed by atoms with E-state index in [9.17, 15) is 4.39 Å². The molecule has 1 aromatic carbocycles. The zero-order valence-corrected chi connectivity index (χ0v) is 8.66. The van der Waals surface area contributed by atoms with E-state index >= 15 is 0 Å². The Bertz CT molecular complexity index is 357. The number of nitrogens with zero attached hydrogens (tertiary/aromatic N) is 1. The van der Waals surface area contributed by atoms with Gasteiger partial charge in [0.05, 0.1) is 4.47 Å². The maximum absolute atomic E-state index is 12.6. The Kier molecular flexibility index (Phi) is 3.70. The van der Waals surface area contributed by atoms with Crippen LogP contribution in [0.1, 0.15) is 0 Å². The molecule has 0 heterocycles. The Labute approximate surface area is 88.3 Å². The highest BCUT2D eigenvalue weighted by Gasteiger charge is 2.03. The van der Waals surface area contributed by atoms with Crippen molar-refractivity contribution in [3.05, 3.63) is 28.5 Å². The van der Waals surface area contributed by atoms with Crippen molar-refractivity contribution in [1.82, 2.24) is 0 Å². The molecule has 0 spiro atoms. The lowest BCUT2D eigenvalue weighted by molar-refractivity contribution is 0.306. The van der Waals surface area contributed by atoms with E-state index in [1.165, 1.54) is 18.2 Å². The summed E-state index contributed by atoms with van der Waals surface area (Å²) in [7, 11) is 0. The van der Waals surface area contributed by atoms with Crippen LogP contribution in [0.5, 0.6) is 5.75 Å². The number of oxime groups is 1. The molecule has 1 rings (SSSR count). The van der Waals surface area contributed by atoms with Crippen molar-refractivity contribution in [2.45, 2.75) is 0 Å². The van der Waals surface area contributed by atoms with Gasteiger partial charge in [-0.05, 0) is 34.1 Å². The van der Waals surface area contributed by atoms with Crippen LogP contribution in [0.3, 0.4) is 0 Å². The van der Waals surface area contributed by atoms with E-state index < -0.39 is 0 Å². The first-order valence-corrected chi connectivity index (χ1v) is 4.47. The van der Waals surface area contributed by atoms with Crippen LogP contribution >= 0.6 is 15.9 Å². The smallest absolute Gasteiger partial charge is 0.177 e. The molecule has 0 unspecified atom stereocenters. The summed E-state index contributed by atoms with van der Waals surface area (Å²) in [5, 5.41) is 11.0. The number of hydrogen-bond donors (Lipinski definition) is 2. The summed E-state index contributed by atoms with van der Waals surface area (Å²) in [6, 6.07) is 3.97. The SMILES string of the molecule is N/C(COc1ccc(F)cc1Br)=N\O. The van der Waals surface area contributed by atoms with E-state index in [0.29, 0.717) is 10.2 Å². The first-order chi connectivity index (χ1) is 6.63. The number of ether oxygens (including phenoxy) is 1. The third-order valence-electron chi connectivity index (χ3n) is 1.40. The average Bonchev–Trinajstić information content (AvgIpc) is 2.16. The van der Waals surface area contributed by atoms with Crippen molar-refractivity contribution in [3.8, 4) is 5.75 Å². The van der Waals surface area contributed by atoms with Gasteiger partial charge in [-0.1, -0.05) is 5.16 Å². The number of rotatable bonds is 3. The maximum Gasteiger partial charge on any atom is 0.177 e. The van der Waals surface area contributed by atoms with Crippen molar-refractivity contribution >= 4 is 21.8 Å². The molecule has 0 saturated carbocycles. The summed E-state index contributed by atoms with van der Waals surface area (Å²) in [5.74, 6) is 0.00671. The molecule has 1 aromatic rings. The highest BCUT2D eigenvalue weighted by molar-refractivity contribution is 9.10. The molecule has 0 aliphatic heterocycles. The molecular formula is C8H8BrFN2O2. The first-order valence-electron chi connectivity index (χ1n) is 3.67. The Balaban J connectivity index is 2.68. The van der Waals surface area contributed by atoms with Crippen molar-refractivity contribution < 1.29 is 14.3 Å². The van der Waals surface area contributed by atoms with E-state index in [2.05, 4.69) is 21.1 Å². The van der Waals surface area contributed by atoms with E-state index in [4.69, 9.17) is 15.7 Å². The van der Waals surface area contributed by atoms with Crippen molar-refractivity contribution in [2.24, 2.45) is 10.9 Å². The average molecular weight is 263 g/mol. The minimum atomic E-state index is -0.368. The lowest BCUT2D eigenvalue weighted by Crippen LogP contribution is -2.20. The van der Waals surface area contributed by atoms with Crippen LogP contribution in [-0.4, -0.2) is 17.6 Å². The van der Waals surface area contributed by atoms with Gasteiger partial charge in [-0.2, -0.15) is 0 Å². The predicted molar refractivity (Wildman–Crippen MR) is 53.0 cm³/mol. The van der Waals surface area contributed by atoms with Crippen molar-refractivity contribution in [1.29, 1.82) is 0 Å². The summed E-state index contributed by atoms with van der Waals surface area (Å²) >= 11 is 3.11. The van der Waals surface area contributed by atoms with E-state index in [0.717, 1.165) is 0 Å². The van der Waals surface area contributed by atoms with E-state index in [-0.39, 0.29) is 18.3 Å². The minimum Gasteiger partial charge on any atom is -0.484 e. The van der Waals surface area contributed by atoms with Gasteiger partial charge in [-0.25, -0.2) is 4.39 Å². The molecule has 3 N–H and O–H groups in total. The quantitative estimate of drug-likeness (QED) is 0.377. The van der Waals surface area contributed by atoms with Crippen LogP contribution in [-0.2, 0) is 0 Å². The van der Waals surface area contributed by atoms with Crippen LogP contribution in [0.25, 0.3) is 0 Å². The van der Waals surface area contributed by atoms with Gasteiger partial charge >= 0.3 is 0 Å². The highest BCUT2D eigenvalue weighted by atomic mass is 79.9. The molecule has 14 heavy (non-hydrogen) atoms. The molecule has 0 bridgehead atoms. The van der Waals surface area contributed by atoms with Gasteiger partial charge in [-0.15, -0.1) is 0 Å². The summed E-state index contributed by atoms with van der Waals surface area (Å²) in [6.07, 6.45) is 0. The molecule has 0 aliphatic rings. The number of halogens is 2. The van der Waals surface area contributed by atoms with Crippen LogP contribution < -0.4 is 10.5 Å². The Hall–Kier alpha value is -1.30. The van der Waals surface area contributed by atoms with Gasteiger partial charge in [0.1, 0.15) is 18.2 Å². The Morgan fingerprint density at radius 2 is 2.36 bits per heavy atom. The first kappa shape index (κ1) is 10.8. The van der Waals surface area contributed by atoms with Crippen LogP contribution in [0.2, 0.25) is 0 Å². The number of amidine groups is 1. The molecular weight excluding hydrogens is 255 g/mol. The van der Waals surface area contributed by atoms with Crippen molar-refractivity contribution in [2.75, 3.05) is 6.61 Å². The van der Waals surface area contributed by atoms with Crippen LogP contribution in [0, 0.1) is 5.82 Å². The molecule has 0 atom stereocenters. The highest BCUT2D eigenvalue weighted by Crippen LogP contribution is 2.25. The molecule has 6 heteroatoms. The molecule has 0 aromatic heterocycles. The van der Waals surface area contributed by atoms with Gasteiger partial charge in [0.15, 0.2) is 5.84 Å². The van der Waals surface area contributed by atoms with Gasteiger partial charge in [-0.3, -0.25) is 0 Å². The zero-order chi connectivity index (χ0) is 10.6. The summed E-state index contributed by atoms with van der Waals surface area (Å²) in [4.78, 5) is 0. The molecule has 0 saturated heterocycles. The fourth-order valence-electron chi connectivity index (χ4n) is 0.773. The zero-order valence-electron chi connectivity index (χ0n) is 7.08. The number of benzene rings is 1. The molecule has 0 aliphatic carbocycles. The summed E-state index contributed by atoms with van der Waals surface area (Å²) < 4.78 is 18.2. The molecule has 0 fully saturated rings. The number of hydrogen-bond acceptors (Lipinski definition) is 3. The molecule has 76 valence electrons. The molecule has 0 radical (unpaired) electrons. The third kappa shape index (κ3) is 2.88. The summed E-state index contributed by atoms with van der Waals surface area (Å²) in [5.41, 5.74) is 5.19. The predicted octanol–water partition coefficient (Wildman–Crippen LogP) is 1.71. The second kappa shape index (κ2) is 4.80. The molecule has 4 nitrogen and oxygen atoms in total. The van der Waals surface area contributed by atoms with Gasteiger partial charge in [0.2, 0.25) is 0 Å². The van der Waals surface area contributed by atoms with E-state index in [1.54, 1.807) is 0 Å². The lowest BCUT2D eigenvalue weighted by Gasteiger charge is -2.06. The second-order valence-electron chi connectivity index (χ2n) is 2.45. The topological polar surface area (TPSA) is 67.8 Å². The van der Waals surface area contributed by atoms with Crippen LogP contribution in [0.4, 0.5) is 4.39 Å². The number of nitrogens with two attached hydrogens (primary N) is 1. The minimum absolute atomic E-state index is 0.0544. The van der Waals surface area contributed by atoms with Gasteiger partial charge in [0.25, 0.3) is 0 Å². The third-order valence-corrected chi connectivity index (χ3v) is 2.02. The standard InChI is InChI=1S/C8H8BrFN2O2/c9-6-3-5(10)1-2-7(6)14-4-8(11)12-13/h1-3,13H,4H2,(H2,11,12). The molecule has 0 amide bonds. The monoisotopic (exact) mass is 262 g/mol. The maximum atomic E-state index is 12.6. The van der Waals surface area contributed by atoms with Crippen LogP contribution in [0.15, 0.2) is 27.8 Å². The Morgan fingerprint density at radius 3 is 2.93 bits per heavy atom. The second-order valence-corrected chi connectivity index (χ2v) is 3.31.